The predicted molar refractivity (Wildman–Crippen MR) is 149 cm³/mol. The Labute approximate surface area is 238 Å². The first-order valence-electron chi connectivity index (χ1n) is 13.3. The van der Waals surface area contributed by atoms with E-state index >= 15 is 0 Å². The molecule has 0 spiro atoms. The van der Waals surface area contributed by atoms with E-state index in [4.69, 9.17) is 28.4 Å². The van der Waals surface area contributed by atoms with E-state index in [1.54, 1.807) is 57.5 Å². The summed E-state index contributed by atoms with van der Waals surface area (Å²) in [6, 6.07) is 13.9. The molecule has 1 heterocycles. The zero-order chi connectivity index (χ0) is 29.3. The summed E-state index contributed by atoms with van der Waals surface area (Å²) in [6.07, 6.45) is 0. The second kappa shape index (κ2) is 11.5. The van der Waals surface area contributed by atoms with Crippen LogP contribution in [0.1, 0.15) is 45.9 Å². The molecule has 41 heavy (non-hydrogen) atoms. The number of methoxy groups -OCH3 is 4. The molecule has 4 atom stereocenters. The standard InChI is InChI=1S/C31H33NO9/c1-6-40-30(34)16-7-9-18(10-8-16)32-28-20-14-23(37-3)22(36-2)13-19(20)26(27-21(28)15-41-31(27)35)17-11-24(38-4)29(33)25(12-17)39-5/h7-14,21,26-28,32-33H,6,15H2,1-5H3. The SMILES string of the molecule is CCOC(=O)c1ccc(NC2c3cc(OC)c(OC)cc3C(c3cc(OC)c(O)c(OC)c3)C3C(=O)OCC23)cc1. The number of anilines is 1. The van der Waals surface area contributed by atoms with Crippen LogP contribution in [0.4, 0.5) is 5.69 Å². The molecule has 0 amide bonds. The number of fused-ring (bicyclic) bond motifs is 2. The number of rotatable bonds is 9. The second-order valence-corrected chi connectivity index (χ2v) is 9.83. The van der Waals surface area contributed by atoms with Crippen molar-refractivity contribution in [1.82, 2.24) is 0 Å². The summed E-state index contributed by atoms with van der Waals surface area (Å²) in [5.74, 6) is -0.611. The highest BCUT2D eigenvalue weighted by Gasteiger charge is 2.52. The minimum absolute atomic E-state index is 0.126. The van der Waals surface area contributed by atoms with Gasteiger partial charge in [0.05, 0.1) is 59.2 Å². The summed E-state index contributed by atoms with van der Waals surface area (Å²) in [7, 11) is 6.05. The Hall–Kier alpha value is -4.60. The van der Waals surface area contributed by atoms with E-state index in [0.29, 0.717) is 23.7 Å². The van der Waals surface area contributed by atoms with Gasteiger partial charge < -0.3 is 38.8 Å². The van der Waals surface area contributed by atoms with Crippen molar-refractivity contribution in [2.24, 2.45) is 11.8 Å². The Morgan fingerprint density at radius 1 is 0.902 bits per heavy atom. The predicted octanol–water partition coefficient (Wildman–Crippen LogP) is 4.69. The van der Waals surface area contributed by atoms with Crippen molar-refractivity contribution < 1.29 is 43.1 Å². The van der Waals surface area contributed by atoms with Gasteiger partial charge in [-0.1, -0.05) is 0 Å². The first-order chi connectivity index (χ1) is 19.8. The number of cyclic esters (lactones) is 1. The van der Waals surface area contributed by atoms with Crippen molar-refractivity contribution in [3.8, 4) is 28.7 Å². The minimum atomic E-state index is -0.559. The summed E-state index contributed by atoms with van der Waals surface area (Å²) in [4.78, 5) is 25.5. The van der Waals surface area contributed by atoms with E-state index in [1.807, 2.05) is 12.1 Å². The number of hydrogen-bond acceptors (Lipinski definition) is 10. The number of aromatic hydroxyl groups is 1. The van der Waals surface area contributed by atoms with Crippen LogP contribution in [0.5, 0.6) is 28.7 Å². The molecule has 0 bridgehead atoms. The van der Waals surface area contributed by atoms with Crippen LogP contribution in [0.3, 0.4) is 0 Å². The zero-order valence-electron chi connectivity index (χ0n) is 23.6. The molecule has 2 N–H and O–H groups in total. The summed E-state index contributed by atoms with van der Waals surface area (Å²) in [6.45, 7) is 2.26. The van der Waals surface area contributed by atoms with Gasteiger partial charge in [0.25, 0.3) is 0 Å². The van der Waals surface area contributed by atoms with E-state index in [-0.39, 0.29) is 41.8 Å². The Bertz CT molecular complexity index is 1430. The van der Waals surface area contributed by atoms with Gasteiger partial charge in [0.15, 0.2) is 23.0 Å². The van der Waals surface area contributed by atoms with Gasteiger partial charge >= 0.3 is 11.9 Å². The molecule has 10 nitrogen and oxygen atoms in total. The van der Waals surface area contributed by atoms with Gasteiger partial charge in [0, 0.05) is 17.5 Å². The third-order valence-corrected chi connectivity index (χ3v) is 7.78. The topological polar surface area (TPSA) is 122 Å². The maximum atomic E-state index is 13.4. The van der Waals surface area contributed by atoms with Crippen molar-refractivity contribution in [3.05, 3.63) is 70.8 Å². The zero-order valence-corrected chi connectivity index (χ0v) is 23.6. The normalized spacial score (nSPS) is 20.8. The fourth-order valence-corrected chi connectivity index (χ4v) is 5.87. The molecule has 1 saturated heterocycles. The molecule has 10 heteroatoms. The van der Waals surface area contributed by atoms with E-state index < -0.39 is 17.8 Å². The van der Waals surface area contributed by atoms with Crippen LogP contribution in [-0.4, -0.2) is 58.7 Å². The van der Waals surface area contributed by atoms with Crippen molar-refractivity contribution in [2.45, 2.75) is 18.9 Å². The molecular formula is C31H33NO9. The third kappa shape index (κ3) is 4.94. The monoisotopic (exact) mass is 563 g/mol. The Morgan fingerprint density at radius 2 is 1.49 bits per heavy atom. The second-order valence-electron chi connectivity index (χ2n) is 9.83. The molecule has 4 unspecified atom stereocenters. The number of nitrogens with one attached hydrogen (secondary N) is 1. The highest BCUT2D eigenvalue weighted by atomic mass is 16.5. The fourth-order valence-electron chi connectivity index (χ4n) is 5.87. The van der Waals surface area contributed by atoms with Crippen molar-refractivity contribution in [3.63, 3.8) is 0 Å². The molecule has 216 valence electrons. The molecule has 3 aromatic carbocycles. The summed E-state index contributed by atoms with van der Waals surface area (Å²) in [5.41, 5.74) is 3.65. The largest absolute Gasteiger partial charge is 0.502 e. The van der Waals surface area contributed by atoms with Gasteiger partial charge in [-0.3, -0.25) is 4.79 Å². The Kier molecular flexibility index (Phi) is 7.83. The van der Waals surface area contributed by atoms with Gasteiger partial charge in [-0.05, 0) is 72.1 Å². The van der Waals surface area contributed by atoms with Crippen LogP contribution in [-0.2, 0) is 14.3 Å². The number of ether oxygens (including phenoxy) is 6. The number of benzene rings is 3. The van der Waals surface area contributed by atoms with Crippen molar-refractivity contribution >= 4 is 17.6 Å². The number of hydrogen-bond donors (Lipinski definition) is 2. The van der Waals surface area contributed by atoms with Gasteiger partial charge in [0.2, 0.25) is 5.75 Å². The molecule has 3 aromatic rings. The van der Waals surface area contributed by atoms with Crippen LogP contribution in [0, 0.1) is 11.8 Å². The van der Waals surface area contributed by atoms with E-state index in [0.717, 1.165) is 22.4 Å². The number of carbonyl (C=O) groups excluding carboxylic acids is 2. The quantitative estimate of drug-likeness (QED) is 0.355. The molecule has 1 fully saturated rings. The lowest BCUT2D eigenvalue weighted by Crippen LogP contribution is -2.37. The first kappa shape index (κ1) is 27.9. The minimum Gasteiger partial charge on any atom is -0.502 e. The lowest BCUT2D eigenvalue weighted by Gasteiger charge is -2.40. The van der Waals surface area contributed by atoms with Crippen LogP contribution in [0.15, 0.2) is 48.5 Å². The smallest absolute Gasteiger partial charge is 0.338 e. The molecule has 2 aliphatic rings. The van der Waals surface area contributed by atoms with Gasteiger partial charge in [-0.2, -0.15) is 0 Å². The molecule has 5 rings (SSSR count). The van der Waals surface area contributed by atoms with Gasteiger partial charge in [-0.25, -0.2) is 4.79 Å². The van der Waals surface area contributed by atoms with E-state index in [9.17, 15) is 14.7 Å². The molecule has 1 aliphatic heterocycles. The Morgan fingerprint density at radius 3 is 2.05 bits per heavy atom. The number of phenols is 1. The summed E-state index contributed by atoms with van der Waals surface area (Å²) >= 11 is 0. The van der Waals surface area contributed by atoms with E-state index in [2.05, 4.69) is 5.32 Å². The maximum Gasteiger partial charge on any atom is 0.338 e. The molecule has 1 aliphatic carbocycles. The highest BCUT2D eigenvalue weighted by Crippen LogP contribution is 2.55. The third-order valence-electron chi connectivity index (χ3n) is 7.78. The fraction of sp³-hybridized carbons (Fsp3) is 0.355. The highest BCUT2D eigenvalue weighted by molar-refractivity contribution is 5.89. The van der Waals surface area contributed by atoms with Gasteiger partial charge in [-0.15, -0.1) is 0 Å². The van der Waals surface area contributed by atoms with Crippen LogP contribution < -0.4 is 24.3 Å². The first-order valence-corrected chi connectivity index (χ1v) is 13.3. The molecule has 0 aromatic heterocycles. The lowest BCUT2D eigenvalue weighted by molar-refractivity contribution is -0.141. The number of esters is 2. The number of carbonyl (C=O) groups is 2. The van der Waals surface area contributed by atoms with Gasteiger partial charge in [0.1, 0.15) is 0 Å². The average Bonchev–Trinajstić information content (AvgIpc) is 3.37. The molecule has 0 radical (unpaired) electrons. The van der Waals surface area contributed by atoms with Crippen molar-refractivity contribution in [2.75, 3.05) is 47.0 Å². The van der Waals surface area contributed by atoms with Crippen molar-refractivity contribution in [1.29, 1.82) is 0 Å². The van der Waals surface area contributed by atoms with Crippen LogP contribution in [0.2, 0.25) is 0 Å². The maximum absolute atomic E-state index is 13.4. The lowest BCUT2D eigenvalue weighted by atomic mass is 9.65. The molecular weight excluding hydrogens is 530 g/mol. The Balaban J connectivity index is 1.66. The average molecular weight is 564 g/mol. The summed E-state index contributed by atoms with van der Waals surface area (Å²) in [5, 5.41) is 14.1. The van der Waals surface area contributed by atoms with Crippen LogP contribution >= 0.6 is 0 Å². The van der Waals surface area contributed by atoms with Crippen LogP contribution in [0.25, 0.3) is 0 Å². The number of phenolic OH excluding ortho intramolecular Hbond substituents is 1. The molecule has 0 saturated carbocycles. The summed E-state index contributed by atoms with van der Waals surface area (Å²) < 4.78 is 32.9. The van der Waals surface area contributed by atoms with E-state index in [1.165, 1.54) is 14.2 Å².